The van der Waals surface area contributed by atoms with Crippen molar-refractivity contribution in [1.29, 1.82) is 0 Å². The highest BCUT2D eigenvalue weighted by Gasteiger charge is 2.30. The number of hydrogen-bond donors (Lipinski definition) is 1. The number of hydrogen-bond acceptors (Lipinski definition) is 3. The number of amides is 2. The average molecular weight is 263 g/mol. The number of nitrogens with one attached hydrogen (secondary N) is 1. The number of rotatable bonds is 4. The molecule has 0 bridgehead atoms. The molecule has 1 aromatic rings. The second-order valence-electron chi connectivity index (χ2n) is 5.83. The largest absolute Gasteiger partial charge is 0.336 e. The first-order valence-electron chi connectivity index (χ1n) is 6.95. The lowest BCUT2D eigenvalue weighted by Crippen LogP contribution is -2.49. The van der Waals surface area contributed by atoms with E-state index in [0.717, 1.165) is 38.4 Å². The zero-order chi connectivity index (χ0) is 13.4. The lowest BCUT2D eigenvalue weighted by Gasteiger charge is -2.40. The van der Waals surface area contributed by atoms with Crippen LogP contribution in [0.5, 0.6) is 0 Å². The van der Waals surface area contributed by atoms with Crippen LogP contribution >= 0.6 is 0 Å². The maximum absolute atomic E-state index is 11.6. The minimum Gasteiger partial charge on any atom is -0.336 e. The van der Waals surface area contributed by atoms with Crippen molar-refractivity contribution in [3.63, 3.8) is 0 Å². The fourth-order valence-corrected chi connectivity index (χ4v) is 2.76. The van der Waals surface area contributed by atoms with Crippen LogP contribution in [0.3, 0.4) is 0 Å². The molecule has 19 heavy (non-hydrogen) atoms. The van der Waals surface area contributed by atoms with Gasteiger partial charge in [-0.3, -0.25) is 14.5 Å². The highest BCUT2D eigenvalue weighted by atomic mass is 16.2. The topological polar surface area (TPSA) is 53.4 Å². The van der Waals surface area contributed by atoms with Crippen LogP contribution in [0, 0.1) is 5.92 Å². The van der Waals surface area contributed by atoms with Gasteiger partial charge in [0.1, 0.15) is 0 Å². The Morgan fingerprint density at radius 2 is 2.26 bits per heavy atom. The van der Waals surface area contributed by atoms with Crippen LogP contribution in [0.25, 0.3) is 0 Å². The van der Waals surface area contributed by atoms with Gasteiger partial charge in [0.25, 0.3) is 0 Å². The molecule has 0 unspecified atom stereocenters. The van der Waals surface area contributed by atoms with Gasteiger partial charge in [0.15, 0.2) is 0 Å². The number of carbonyl (C=O) groups is 1. The summed E-state index contributed by atoms with van der Waals surface area (Å²) >= 11 is 0. The van der Waals surface area contributed by atoms with Gasteiger partial charge in [-0.25, -0.2) is 4.79 Å². The lowest BCUT2D eigenvalue weighted by molar-refractivity contribution is 0.0860. The summed E-state index contributed by atoms with van der Waals surface area (Å²) in [5, 5.41) is 7.20. The zero-order valence-corrected chi connectivity index (χ0v) is 11.5. The number of carbonyl (C=O) groups excluding carboxylic acids is 1. The maximum atomic E-state index is 11.6. The highest BCUT2D eigenvalue weighted by molar-refractivity contribution is 5.93. The van der Waals surface area contributed by atoms with E-state index < -0.39 is 0 Å². The van der Waals surface area contributed by atoms with Crippen LogP contribution in [0.15, 0.2) is 12.4 Å². The van der Waals surface area contributed by atoms with Crippen molar-refractivity contribution in [2.45, 2.75) is 19.9 Å². The number of nitrogens with zero attached hydrogens (tertiary/aromatic N) is 4. The van der Waals surface area contributed by atoms with Crippen molar-refractivity contribution in [2.24, 2.45) is 5.92 Å². The van der Waals surface area contributed by atoms with E-state index in [0.29, 0.717) is 12.0 Å². The third-order valence-corrected chi connectivity index (χ3v) is 3.69. The van der Waals surface area contributed by atoms with Crippen LogP contribution in [0.2, 0.25) is 0 Å². The third kappa shape index (κ3) is 2.45. The molecule has 6 nitrogen and oxygen atoms in total. The summed E-state index contributed by atoms with van der Waals surface area (Å²) in [6.45, 7) is 9.21. The zero-order valence-electron chi connectivity index (χ0n) is 11.5. The molecule has 104 valence electrons. The molecule has 0 aromatic carbocycles. The molecule has 2 saturated heterocycles. The van der Waals surface area contributed by atoms with E-state index in [1.807, 2.05) is 10.9 Å². The standard InChI is InChI=1S/C13H21N5O/c1-10(2)6-16-7-12(8-16)18-9-11(5-15-18)17-4-3-14-13(17)19/h5,9-10,12H,3-4,6-8H2,1-2H3,(H,14,19). The maximum Gasteiger partial charge on any atom is 0.322 e. The van der Waals surface area contributed by atoms with E-state index in [9.17, 15) is 4.79 Å². The minimum atomic E-state index is -0.0189. The van der Waals surface area contributed by atoms with Crippen LogP contribution in [0.1, 0.15) is 19.9 Å². The molecule has 0 aliphatic carbocycles. The fourth-order valence-electron chi connectivity index (χ4n) is 2.76. The summed E-state index contributed by atoms with van der Waals surface area (Å²) in [7, 11) is 0. The normalized spacial score (nSPS) is 21.0. The first-order valence-corrected chi connectivity index (χ1v) is 6.95. The van der Waals surface area contributed by atoms with E-state index in [1.165, 1.54) is 0 Å². The Hall–Kier alpha value is -1.56. The van der Waals surface area contributed by atoms with Crippen molar-refractivity contribution in [3.8, 4) is 0 Å². The first kappa shape index (κ1) is 12.5. The van der Waals surface area contributed by atoms with Gasteiger partial charge in [-0.1, -0.05) is 13.8 Å². The van der Waals surface area contributed by atoms with Gasteiger partial charge >= 0.3 is 6.03 Å². The lowest BCUT2D eigenvalue weighted by atomic mass is 10.1. The molecule has 2 aliphatic heterocycles. The number of aromatic nitrogens is 2. The summed E-state index contributed by atoms with van der Waals surface area (Å²) in [5.74, 6) is 0.711. The molecule has 2 aliphatic rings. The van der Waals surface area contributed by atoms with Crippen LogP contribution < -0.4 is 10.2 Å². The smallest absolute Gasteiger partial charge is 0.322 e. The second kappa shape index (κ2) is 4.85. The Labute approximate surface area is 113 Å². The molecule has 1 aromatic heterocycles. The number of likely N-dealkylation sites (tertiary alicyclic amines) is 1. The monoisotopic (exact) mass is 263 g/mol. The van der Waals surface area contributed by atoms with E-state index in [-0.39, 0.29) is 6.03 Å². The Kier molecular flexibility index (Phi) is 3.18. The van der Waals surface area contributed by atoms with Crippen LogP contribution in [0.4, 0.5) is 10.5 Å². The van der Waals surface area contributed by atoms with E-state index in [4.69, 9.17) is 0 Å². The molecule has 6 heteroatoms. The van der Waals surface area contributed by atoms with Gasteiger partial charge in [0.2, 0.25) is 0 Å². The van der Waals surface area contributed by atoms with Crippen molar-refractivity contribution in [1.82, 2.24) is 20.0 Å². The molecule has 2 fully saturated rings. The Balaban J connectivity index is 1.59. The first-order chi connectivity index (χ1) is 9.13. The summed E-state index contributed by atoms with van der Waals surface area (Å²) in [5.41, 5.74) is 0.900. The van der Waals surface area contributed by atoms with Gasteiger partial charge in [-0.2, -0.15) is 5.10 Å². The molecular formula is C13H21N5O. The van der Waals surface area contributed by atoms with Crippen molar-refractivity contribution in [2.75, 3.05) is 37.6 Å². The summed E-state index contributed by atoms with van der Waals surface area (Å²) in [6.07, 6.45) is 3.78. The van der Waals surface area contributed by atoms with Crippen molar-refractivity contribution in [3.05, 3.63) is 12.4 Å². The molecule has 0 saturated carbocycles. The summed E-state index contributed by atoms with van der Waals surface area (Å²) in [6, 6.07) is 0.438. The fraction of sp³-hybridized carbons (Fsp3) is 0.692. The van der Waals surface area contributed by atoms with E-state index in [1.54, 1.807) is 11.1 Å². The van der Waals surface area contributed by atoms with E-state index in [2.05, 4.69) is 29.2 Å². The Morgan fingerprint density at radius 3 is 2.89 bits per heavy atom. The Bertz CT molecular complexity index is 463. The van der Waals surface area contributed by atoms with Crippen LogP contribution in [-0.4, -0.2) is 53.4 Å². The molecule has 3 heterocycles. The molecule has 3 rings (SSSR count). The predicted octanol–water partition coefficient (Wildman–Crippen LogP) is 0.925. The minimum absolute atomic E-state index is 0.0189. The third-order valence-electron chi connectivity index (χ3n) is 3.69. The van der Waals surface area contributed by atoms with E-state index >= 15 is 0 Å². The van der Waals surface area contributed by atoms with Crippen LogP contribution in [-0.2, 0) is 0 Å². The number of anilines is 1. The predicted molar refractivity (Wildman–Crippen MR) is 73.3 cm³/mol. The van der Waals surface area contributed by atoms with Gasteiger partial charge in [-0.05, 0) is 5.92 Å². The van der Waals surface area contributed by atoms with Gasteiger partial charge in [0.05, 0.1) is 17.9 Å². The molecule has 0 atom stereocenters. The van der Waals surface area contributed by atoms with Gasteiger partial charge < -0.3 is 5.32 Å². The molecule has 1 N–H and O–H groups in total. The molecule has 0 radical (unpaired) electrons. The van der Waals surface area contributed by atoms with Gasteiger partial charge in [-0.15, -0.1) is 0 Å². The quantitative estimate of drug-likeness (QED) is 0.879. The summed E-state index contributed by atoms with van der Waals surface area (Å²) in [4.78, 5) is 15.8. The second-order valence-corrected chi connectivity index (χ2v) is 5.83. The SMILES string of the molecule is CC(C)CN1CC(n2cc(N3CCNC3=O)cn2)C1. The van der Waals surface area contributed by atoms with Crippen molar-refractivity contribution >= 4 is 11.7 Å². The summed E-state index contributed by atoms with van der Waals surface area (Å²) < 4.78 is 2.00. The van der Waals surface area contributed by atoms with Crippen molar-refractivity contribution < 1.29 is 4.79 Å². The molecular weight excluding hydrogens is 242 g/mol. The number of urea groups is 1. The Morgan fingerprint density at radius 1 is 1.47 bits per heavy atom. The van der Waals surface area contributed by atoms with Gasteiger partial charge in [0, 0.05) is 38.9 Å². The molecule has 2 amide bonds. The average Bonchev–Trinajstić information content (AvgIpc) is 2.90. The highest BCUT2D eigenvalue weighted by Crippen LogP contribution is 2.24. The molecule has 0 spiro atoms.